The quantitative estimate of drug-likeness (QED) is 0.644. The Balaban J connectivity index is 0.00000261. The summed E-state index contributed by atoms with van der Waals surface area (Å²) in [7, 11) is -3.53. The van der Waals surface area contributed by atoms with Crippen molar-refractivity contribution in [3.05, 3.63) is 0 Å². The fourth-order valence-electron chi connectivity index (χ4n) is 3.89. The number of rotatable bonds is 4. The van der Waals surface area contributed by atoms with Gasteiger partial charge in [0.05, 0.1) is 18.3 Å². The molecule has 3 saturated heterocycles. The Morgan fingerprint density at radius 1 is 1.00 bits per heavy atom. The van der Waals surface area contributed by atoms with Gasteiger partial charge in [-0.1, -0.05) is 0 Å². The molecular weight excluding hydrogens is 396 g/mol. The molecule has 0 aromatic rings. The number of nitrogens with two attached hydrogens (primary N) is 1. The summed E-state index contributed by atoms with van der Waals surface area (Å²) in [5.41, 5.74) is 5.59. The number of amides is 1. The lowest BCUT2D eigenvalue weighted by Crippen LogP contribution is -2.58. The zero-order chi connectivity index (χ0) is 18.9. The Kier molecular flexibility index (Phi) is 7.88. The van der Waals surface area contributed by atoms with Crippen LogP contribution in [0.4, 0.5) is 0 Å². The van der Waals surface area contributed by atoms with Crippen molar-refractivity contribution >= 4 is 28.5 Å². The summed E-state index contributed by atoms with van der Waals surface area (Å²) in [6.07, 6.45) is 0.763. The second kappa shape index (κ2) is 9.34. The Labute approximate surface area is 167 Å². The van der Waals surface area contributed by atoms with Gasteiger partial charge in [-0.3, -0.25) is 4.79 Å². The summed E-state index contributed by atoms with van der Waals surface area (Å²) in [6.45, 7) is 6.30. The predicted molar refractivity (Wildman–Crippen MR) is 103 cm³/mol. The summed E-state index contributed by atoms with van der Waals surface area (Å²) < 4.78 is 40.1. The standard InChI is InChI=1S/C16H30N4O5S.ClH/c1-12-10-20(11-13(2)24-12)26(22,23)19-7-5-18(6-8-19)16(21)15-4-3-14(9-17)25-15;/h12-15H,3-11,17H2,1-2H3;1H/t12?,13?,14-,15+;/m1./s1. The van der Waals surface area contributed by atoms with E-state index in [4.69, 9.17) is 15.2 Å². The SMILES string of the molecule is CC1CN(S(=O)(=O)N2CCN(C(=O)[C@@H]3CC[C@H](CN)O3)CC2)CC(C)O1.Cl. The van der Waals surface area contributed by atoms with Crippen LogP contribution in [0.3, 0.4) is 0 Å². The first-order chi connectivity index (χ1) is 12.3. The minimum Gasteiger partial charge on any atom is -0.373 e. The Hall–Kier alpha value is -0.490. The average molecular weight is 427 g/mol. The van der Waals surface area contributed by atoms with E-state index in [0.29, 0.717) is 52.2 Å². The van der Waals surface area contributed by atoms with Crippen LogP contribution in [0.15, 0.2) is 0 Å². The molecule has 3 aliphatic heterocycles. The molecule has 0 saturated carbocycles. The third kappa shape index (κ3) is 5.11. The topological polar surface area (TPSA) is 105 Å². The molecule has 0 spiro atoms. The van der Waals surface area contributed by atoms with E-state index >= 15 is 0 Å². The van der Waals surface area contributed by atoms with Crippen LogP contribution in [-0.2, 0) is 24.5 Å². The summed E-state index contributed by atoms with van der Waals surface area (Å²) in [4.78, 5) is 14.3. The monoisotopic (exact) mass is 426 g/mol. The van der Waals surface area contributed by atoms with E-state index < -0.39 is 16.3 Å². The summed E-state index contributed by atoms with van der Waals surface area (Å²) in [5, 5.41) is 0. The molecule has 0 bridgehead atoms. The van der Waals surface area contributed by atoms with E-state index in [-0.39, 0.29) is 36.6 Å². The highest BCUT2D eigenvalue weighted by Crippen LogP contribution is 2.23. The Morgan fingerprint density at radius 3 is 2.11 bits per heavy atom. The van der Waals surface area contributed by atoms with E-state index in [9.17, 15) is 13.2 Å². The van der Waals surface area contributed by atoms with E-state index in [1.807, 2.05) is 13.8 Å². The van der Waals surface area contributed by atoms with Crippen molar-refractivity contribution in [3.8, 4) is 0 Å². The predicted octanol–water partition coefficient (Wildman–Crippen LogP) is -0.587. The molecule has 9 nitrogen and oxygen atoms in total. The van der Waals surface area contributed by atoms with Crippen LogP contribution in [0, 0.1) is 0 Å². The zero-order valence-electron chi connectivity index (χ0n) is 16.0. The maximum atomic E-state index is 12.9. The van der Waals surface area contributed by atoms with Crippen LogP contribution in [0.1, 0.15) is 26.7 Å². The molecule has 3 rings (SSSR count). The van der Waals surface area contributed by atoms with E-state index in [1.165, 1.54) is 8.61 Å². The van der Waals surface area contributed by atoms with Crippen LogP contribution in [0.5, 0.6) is 0 Å². The molecule has 2 N–H and O–H groups in total. The molecule has 1 amide bonds. The van der Waals surface area contributed by atoms with Crippen molar-refractivity contribution in [1.82, 2.24) is 13.5 Å². The van der Waals surface area contributed by atoms with Gasteiger partial charge in [0, 0.05) is 45.8 Å². The van der Waals surface area contributed by atoms with Gasteiger partial charge in [-0.25, -0.2) is 0 Å². The van der Waals surface area contributed by atoms with Gasteiger partial charge in [-0.15, -0.1) is 12.4 Å². The van der Waals surface area contributed by atoms with Crippen LogP contribution < -0.4 is 5.73 Å². The lowest BCUT2D eigenvalue weighted by Gasteiger charge is -2.40. The van der Waals surface area contributed by atoms with Crippen LogP contribution >= 0.6 is 12.4 Å². The first kappa shape index (κ1) is 22.8. The summed E-state index contributed by atoms with van der Waals surface area (Å²) in [5.74, 6) is -0.0494. The molecule has 4 atom stereocenters. The lowest BCUT2D eigenvalue weighted by atomic mass is 10.1. The molecule has 3 fully saturated rings. The largest absolute Gasteiger partial charge is 0.373 e. The molecule has 0 radical (unpaired) electrons. The fourth-order valence-corrected chi connectivity index (χ4v) is 5.63. The number of hydrogen-bond acceptors (Lipinski definition) is 6. The van der Waals surface area contributed by atoms with Gasteiger partial charge in [0.1, 0.15) is 6.10 Å². The second-order valence-electron chi connectivity index (χ2n) is 7.37. The highest BCUT2D eigenvalue weighted by Gasteiger charge is 2.39. The maximum Gasteiger partial charge on any atom is 0.282 e. The van der Waals surface area contributed by atoms with Crippen molar-refractivity contribution in [3.63, 3.8) is 0 Å². The maximum absolute atomic E-state index is 12.9. The summed E-state index contributed by atoms with van der Waals surface area (Å²) in [6, 6.07) is 0. The molecule has 11 heteroatoms. The zero-order valence-corrected chi connectivity index (χ0v) is 17.6. The van der Waals surface area contributed by atoms with Gasteiger partial charge in [0.2, 0.25) is 0 Å². The van der Waals surface area contributed by atoms with Crippen molar-refractivity contribution in [2.75, 3.05) is 45.8 Å². The number of carbonyl (C=O) groups excluding carboxylic acids is 1. The molecule has 158 valence electrons. The number of ether oxygens (including phenoxy) is 2. The van der Waals surface area contributed by atoms with Crippen molar-refractivity contribution < 1.29 is 22.7 Å². The lowest BCUT2D eigenvalue weighted by molar-refractivity contribution is -0.144. The minimum atomic E-state index is -3.53. The van der Waals surface area contributed by atoms with E-state index in [1.54, 1.807) is 4.90 Å². The normalized spacial score (nSPS) is 33.7. The number of piperazine rings is 1. The van der Waals surface area contributed by atoms with Crippen molar-refractivity contribution in [2.45, 2.75) is 51.1 Å². The molecule has 0 aromatic heterocycles. The van der Waals surface area contributed by atoms with Crippen LogP contribution in [0.25, 0.3) is 0 Å². The minimum absolute atomic E-state index is 0. The fraction of sp³-hybridized carbons (Fsp3) is 0.938. The number of nitrogens with zero attached hydrogens (tertiary/aromatic N) is 3. The van der Waals surface area contributed by atoms with Crippen LogP contribution in [-0.4, -0.2) is 98.1 Å². The van der Waals surface area contributed by atoms with E-state index in [0.717, 1.165) is 6.42 Å². The van der Waals surface area contributed by atoms with Gasteiger partial charge in [-0.05, 0) is 26.7 Å². The highest BCUT2D eigenvalue weighted by molar-refractivity contribution is 7.86. The molecule has 0 aromatic carbocycles. The molecule has 0 aliphatic carbocycles. The Bertz CT molecular complexity index is 604. The van der Waals surface area contributed by atoms with Crippen molar-refractivity contribution in [1.29, 1.82) is 0 Å². The molecule has 2 unspecified atom stereocenters. The smallest absolute Gasteiger partial charge is 0.282 e. The number of morpholine rings is 1. The van der Waals surface area contributed by atoms with Gasteiger partial charge < -0.3 is 20.1 Å². The van der Waals surface area contributed by atoms with Gasteiger partial charge in [0.15, 0.2) is 0 Å². The van der Waals surface area contributed by atoms with Gasteiger partial charge in [0.25, 0.3) is 16.1 Å². The Morgan fingerprint density at radius 2 is 1.59 bits per heavy atom. The first-order valence-electron chi connectivity index (χ1n) is 9.36. The highest BCUT2D eigenvalue weighted by atomic mass is 35.5. The van der Waals surface area contributed by atoms with Gasteiger partial charge in [-0.2, -0.15) is 17.0 Å². The number of carbonyl (C=O) groups is 1. The first-order valence-corrected chi connectivity index (χ1v) is 10.8. The third-order valence-electron chi connectivity index (χ3n) is 5.23. The molecule has 27 heavy (non-hydrogen) atoms. The van der Waals surface area contributed by atoms with E-state index in [2.05, 4.69) is 0 Å². The summed E-state index contributed by atoms with van der Waals surface area (Å²) >= 11 is 0. The second-order valence-corrected chi connectivity index (χ2v) is 9.29. The average Bonchev–Trinajstić information content (AvgIpc) is 3.09. The van der Waals surface area contributed by atoms with Crippen molar-refractivity contribution in [2.24, 2.45) is 5.73 Å². The van der Waals surface area contributed by atoms with Crippen LogP contribution in [0.2, 0.25) is 0 Å². The van der Waals surface area contributed by atoms with Gasteiger partial charge >= 0.3 is 0 Å². The third-order valence-corrected chi connectivity index (χ3v) is 7.20. The number of hydrogen-bond donors (Lipinski definition) is 1. The molecular formula is C16H31ClN4O5S. The molecule has 3 aliphatic rings. The number of halogens is 1. The molecule has 3 heterocycles.